The Bertz CT molecular complexity index is 1320. The molecule has 0 saturated carbocycles. The lowest BCUT2D eigenvalue weighted by Crippen LogP contribution is -2.29. The van der Waals surface area contributed by atoms with Gasteiger partial charge in [-0.2, -0.15) is 0 Å². The first kappa shape index (κ1) is 25.3. The van der Waals surface area contributed by atoms with Gasteiger partial charge < -0.3 is 14.9 Å². The van der Waals surface area contributed by atoms with Crippen molar-refractivity contribution < 1.29 is 14.9 Å². The van der Waals surface area contributed by atoms with Crippen molar-refractivity contribution >= 4 is 0 Å². The molecule has 5 rings (SSSR count). The van der Waals surface area contributed by atoms with E-state index in [4.69, 9.17) is 9.84 Å². The van der Waals surface area contributed by atoms with Crippen molar-refractivity contribution in [2.75, 3.05) is 13.2 Å². The SMILES string of the molecule is CC(C)C(C)(C)c1ccc(C2(c3ccc(OCC(O)CO)cc3)c3ccccc3-c3ccccc32)cc1. The molecule has 0 spiro atoms. The third-order valence-corrected chi connectivity index (χ3v) is 8.40. The smallest absolute Gasteiger partial charge is 0.119 e. The highest BCUT2D eigenvalue weighted by molar-refractivity contribution is 5.86. The Hall–Kier alpha value is -3.40. The Morgan fingerprint density at radius 1 is 0.730 bits per heavy atom. The van der Waals surface area contributed by atoms with Crippen LogP contribution in [-0.2, 0) is 10.8 Å². The first-order valence-electron chi connectivity index (χ1n) is 13.1. The Morgan fingerprint density at radius 2 is 1.22 bits per heavy atom. The van der Waals surface area contributed by atoms with Crippen LogP contribution in [0.3, 0.4) is 0 Å². The number of hydrogen-bond acceptors (Lipinski definition) is 3. The lowest BCUT2D eigenvalue weighted by molar-refractivity contribution is 0.0536. The van der Waals surface area contributed by atoms with Crippen LogP contribution in [0.15, 0.2) is 97.1 Å². The van der Waals surface area contributed by atoms with Gasteiger partial charge in [-0.1, -0.05) is 113 Å². The Kier molecular flexibility index (Phi) is 6.70. The van der Waals surface area contributed by atoms with Crippen LogP contribution in [0, 0.1) is 5.92 Å². The van der Waals surface area contributed by atoms with Crippen molar-refractivity contribution in [1.82, 2.24) is 0 Å². The van der Waals surface area contributed by atoms with E-state index in [1.54, 1.807) is 0 Å². The average molecular weight is 493 g/mol. The molecule has 0 bridgehead atoms. The van der Waals surface area contributed by atoms with Crippen LogP contribution in [-0.4, -0.2) is 29.5 Å². The fourth-order valence-corrected chi connectivity index (χ4v) is 5.55. The largest absolute Gasteiger partial charge is 0.491 e. The van der Waals surface area contributed by atoms with Gasteiger partial charge in [-0.15, -0.1) is 0 Å². The first-order chi connectivity index (χ1) is 17.8. The summed E-state index contributed by atoms with van der Waals surface area (Å²) in [5, 5.41) is 18.8. The second kappa shape index (κ2) is 9.81. The predicted molar refractivity (Wildman–Crippen MR) is 150 cm³/mol. The van der Waals surface area contributed by atoms with Crippen molar-refractivity contribution in [3.63, 3.8) is 0 Å². The van der Waals surface area contributed by atoms with Crippen LogP contribution in [0.25, 0.3) is 11.1 Å². The first-order valence-corrected chi connectivity index (χ1v) is 13.1. The number of rotatable bonds is 8. The van der Waals surface area contributed by atoms with Crippen LogP contribution in [0.2, 0.25) is 0 Å². The summed E-state index contributed by atoms with van der Waals surface area (Å²) in [6, 6.07) is 34.8. The topological polar surface area (TPSA) is 49.7 Å². The zero-order chi connectivity index (χ0) is 26.2. The van der Waals surface area contributed by atoms with Gasteiger partial charge in [0.15, 0.2) is 0 Å². The zero-order valence-corrected chi connectivity index (χ0v) is 22.1. The minimum Gasteiger partial charge on any atom is -0.491 e. The highest BCUT2D eigenvalue weighted by atomic mass is 16.5. The van der Waals surface area contributed by atoms with Gasteiger partial charge >= 0.3 is 0 Å². The molecule has 190 valence electrons. The van der Waals surface area contributed by atoms with Crippen molar-refractivity contribution in [3.8, 4) is 16.9 Å². The quantitative estimate of drug-likeness (QED) is 0.253. The van der Waals surface area contributed by atoms with Crippen molar-refractivity contribution in [1.29, 1.82) is 0 Å². The molecular formula is C34H36O3. The van der Waals surface area contributed by atoms with E-state index in [1.807, 2.05) is 12.1 Å². The molecule has 0 aromatic heterocycles. The van der Waals surface area contributed by atoms with E-state index in [-0.39, 0.29) is 18.6 Å². The highest BCUT2D eigenvalue weighted by Crippen LogP contribution is 2.56. The van der Waals surface area contributed by atoms with E-state index in [9.17, 15) is 5.11 Å². The molecule has 0 radical (unpaired) electrons. The Balaban J connectivity index is 1.69. The summed E-state index contributed by atoms with van der Waals surface area (Å²) in [7, 11) is 0. The Morgan fingerprint density at radius 3 is 1.70 bits per heavy atom. The van der Waals surface area contributed by atoms with Crippen molar-refractivity contribution in [2.24, 2.45) is 5.92 Å². The van der Waals surface area contributed by atoms with E-state index in [0.717, 1.165) is 5.56 Å². The van der Waals surface area contributed by atoms with Gasteiger partial charge in [-0.05, 0) is 62.4 Å². The van der Waals surface area contributed by atoms with Gasteiger partial charge in [-0.25, -0.2) is 0 Å². The van der Waals surface area contributed by atoms with Crippen LogP contribution >= 0.6 is 0 Å². The number of aliphatic hydroxyl groups is 2. The standard InChI is InChI=1S/C34H36O3/c1-23(2)33(3,4)24-13-15-25(16-14-24)34(26-17-19-28(20-18-26)37-22-27(36)21-35)31-11-7-5-9-29(31)30-10-6-8-12-32(30)34/h5-20,23,27,35-36H,21-22H2,1-4H3. The van der Waals surface area contributed by atoms with E-state index in [0.29, 0.717) is 11.7 Å². The summed E-state index contributed by atoms with van der Waals surface area (Å²) in [6.07, 6.45) is -0.895. The predicted octanol–water partition coefficient (Wildman–Crippen LogP) is 6.72. The highest BCUT2D eigenvalue weighted by Gasteiger charge is 2.46. The number of fused-ring (bicyclic) bond motifs is 3. The van der Waals surface area contributed by atoms with E-state index >= 15 is 0 Å². The molecule has 0 amide bonds. The summed E-state index contributed by atoms with van der Waals surface area (Å²) in [4.78, 5) is 0. The van der Waals surface area contributed by atoms with Gasteiger partial charge in [0.1, 0.15) is 18.5 Å². The van der Waals surface area contributed by atoms with Gasteiger partial charge in [0.25, 0.3) is 0 Å². The molecule has 4 aromatic carbocycles. The molecule has 4 aromatic rings. The molecule has 0 heterocycles. The molecule has 0 fully saturated rings. The molecular weight excluding hydrogens is 456 g/mol. The number of benzene rings is 4. The van der Waals surface area contributed by atoms with Crippen LogP contribution in [0.4, 0.5) is 0 Å². The molecule has 1 atom stereocenters. The normalized spacial score (nSPS) is 14.8. The van der Waals surface area contributed by atoms with E-state index < -0.39 is 11.5 Å². The monoisotopic (exact) mass is 492 g/mol. The van der Waals surface area contributed by atoms with Crippen LogP contribution < -0.4 is 4.74 Å². The van der Waals surface area contributed by atoms with Crippen molar-refractivity contribution in [2.45, 2.75) is 44.6 Å². The molecule has 3 nitrogen and oxygen atoms in total. The zero-order valence-electron chi connectivity index (χ0n) is 22.1. The maximum absolute atomic E-state index is 9.69. The molecule has 1 unspecified atom stereocenters. The van der Waals surface area contributed by atoms with Crippen LogP contribution in [0.1, 0.15) is 55.5 Å². The molecule has 1 aliphatic carbocycles. The van der Waals surface area contributed by atoms with Gasteiger partial charge in [-0.3, -0.25) is 0 Å². The summed E-state index contributed by atoms with van der Waals surface area (Å²) >= 11 is 0. The minimum absolute atomic E-state index is 0.0553. The number of hydrogen-bond donors (Lipinski definition) is 2. The molecule has 37 heavy (non-hydrogen) atoms. The number of aliphatic hydroxyl groups excluding tert-OH is 2. The summed E-state index contributed by atoms with van der Waals surface area (Å²) in [6.45, 7) is 8.92. The lowest BCUT2D eigenvalue weighted by atomic mass is 9.67. The lowest BCUT2D eigenvalue weighted by Gasteiger charge is -2.35. The molecule has 0 aliphatic heterocycles. The fraction of sp³-hybridized carbons (Fsp3) is 0.294. The fourth-order valence-electron chi connectivity index (χ4n) is 5.55. The number of ether oxygens (including phenoxy) is 1. The third kappa shape index (κ3) is 4.17. The molecule has 1 aliphatic rings. The van der Waals surface area contributed by atoms with Crippen molar-refractivity contribution in [3.05, 3.63) is 125 Å². The maximum atomic E-state index is 9.69. The van der Waals surface area contributed by atoms with E-state index in [1.165, 1.54) is 33.4 Å². The third-order valence-electron chi connectivity index (χ3n) is 8.40. The average Bonchev–Trinajstić information content (AvgIpc) is 3.23. The molecule has 0 saturated heterocycles. The van der Waals surface area contributed by atoms with Crippen LogP contribution in [0.5, 0.6) is 5.75 Å². The minimum atomic E-state index is -0.895. The molecule has 2 N–H and O–H groups in total. The van der Waals surface area contributed by atoms with Gasteiger partial charge in [0.05, 0.1) is 12.0 Å². The second-order valence-electron chi connectivity index (χ2n) is 11.0. The second-order valence-corrected chi connectivity index (χ2v) is 11.0. The van der Waals surface area contributed by atoms with E-state index in [2.05, 4.69) is 113 Å². The maximum Gasteiger partial charge on any atom is 0.119 e. The molecule has 3 heteroatoms. The van der Waals surface area contributed by atoms with Gasteiger partial charge in [0, 0.05) is 0 Å². The summed E-state index contributed by atoms with van der Waals surface area (Å²) in [5.41, 5.74) is 8.42. The summed E-state index contributed by atoms with van der Waals surface area (Å²) < 4.78 is 5.72. The summed E-state index contributed by atoms with van der Waals surface area (Å²) in [5.74, 6) is 1.19. The van der Waals surface area contributed by atoms with Gasteiger partial charge in [0.2, 0.25) is 0 Å². The Labute approximate surface area is 220 Å².